The molecule has 6 nitrogen and oxygen atoms in total. The second kappa shape index (κ2) is 6.93. The fraction of sp³-hybridized carbons (Fsp3) is 0.250. The number of aliphatic hydroxyl groups excluding tert-OH is 2. The monoisotopic (exact) mass is 400 g/mol. The lowest BCUT2D eigenvalue weighted by molar-refractivity contribution is 0.113. The molecule has 152 valence electrons. The van der Waals surface area contributed by atoms with E-state index in [0.717, 1.165) is 44.8 Å². The number of fused-ring (bicyclic) bond motifs is 6. The van der Waals surface area contributed by atoms with E-state index in [1.807, 2.05) is 60.7 Å². The Morgan fingerprint density at radius 3 is 2.17 bits per heavy atom. The summed E-state index contributed by atoms with van der Waals surface area (Å²) in [6, 6.07) is 4.02. The third kappa shape index (κ3) is 3.34. The number of hydrogen-bond donors (Lipinski definition) is 4. The average Bonchev–Trinajstić information content (AvgIpc) is 3.45. The molecule has 0 aliphatic carbocycles. The predicted molar refractivity (Wildman–Crippen MR) is 119 cm³/mol. The maximum Gasteiger partial charge on any atom is 0.0875 e. The molecule has 5 rings (SSSR count). The molecule has 1 aromatic rings. The summed E-state index contributed by atoms with van der Waals surface area (Å²) in [6.45, 7) is 3.51. The van der Waals surface area contributed by atoms with E-state index in [1.165, 1.54) is 0 Å². The smallest absolute Gasteiger partial charge is 0.0875 e. The van der Waals surface area contributed by atoms with Gasteiger partial charge in [-0.25, -0.2) is 9.98 Å². The molecule has 0 amide bonds. The van der Waals surface area contributed by atoms with Crippen molar-refractivity contribution in [2.45, 2.75) is 38.0 Å². The Morgan fingerprint density at radius 1 is 0.900 bits per heavy atom. The van der Waals surface area contributed by atoms with Crippen LogP contribution in [0.5, 0.6) is 0 Å². The van der Waals surface area contributed by atoms with Crippen LogP contribution in [0.15, 0.2) is 81.2 Å². The zero-order chi connectivity index (χ0) is 20.9. The molecule has 30 heavy (non-hydrogen) atoms. The van der Waals surface area contributed by atoms with Crippen LogP contribution in [0.25, 0.3) is 12.2 Å². The number of aromatic nitrogens is 1. The second-order valence-electron chi connectivity index (χ2n) is 8.17. The van der Waals surface area contributed by atoms with Crippen LogP contribution >= 0.6 is 0 Å². The van der Waals surface area contributed by atoms with Crippen molar-refractivity contribution in [1.29, 1.82) is 0 Å². The highest BCUT2D eigenvalue weighted by Gasteiger charge is 2.41. The lowest BCUT2D eigenvalue weighted by Gasteiger charge is -2.31. The van der Waals surface area contributed by atoms with Gasteiger partial charge in [-0.1, -0.05) is 0 Å². The summed E-state index contributed by atoms with van der Waals surface area (Å²) in [6.07, 6.45) is 14.8. The number of aromatic amines is 1. The third-order valence-electron chi connectivity index (χ3n) is 5.85. The summed E-state index contributed by atoms with van der Waals surface area (Å²) >= 11 is 0. The van der Waals surface area contributed by atoms with Gasteiger partial charge in [-0.2, -0.15) is 0 Å². The molecule has 0 spiro atoms. The van der Waals surface area contributed by atoms with Crippen molar-refractivity contribution in [3.05, 3.63) is 82.0 Å². The fourth-order valence-corrected chi connectivity index (χ4v) is 4.19. The molecule has 0 saturated heterocycles. The zero-order valence-corrected chi connectivity index (χ0v) is 16.9. The SMILES string of the molecule is CC(O)C1=C2C=C3C=CC(=N3)C=c3ccc([nH]3)=CC3=NC(=CC(C(C)O)(C1)N2)C=C3. The molecule has 3 unspecified atom stereocenters. The minimum Gasteiger partial charge on any atom is -0.391 e. The molecule has 0 radical (unpaired) electrons. The van der Waals surface area contributed by atoms with Gasteiger partial charge in [0.15, 0.2) is 0 Å². The highest BCUT2D eigenvalue weighted by molar-refractivity contribution is 6.20. The van der Waals surface area contributed by atoms with Gasteiger partial charge in [0, 0.05) is 22.8 Å². The molecule has 8 bridgehead atoms. The van der Waals surface area contributed by atoms with Gasteiger partial charge < -0.3 is 20.5 Å². The van der Waals surface area contributed by atoms with Gasteiger partial charge >= 0.3 is 0 Å². The van der Waals surface area contributed by atoms with E-state index in [1.54, 1.807) is 13.8 Å². The Labute approximate surface area is 174 Å². The minimum absolute atomic E-state index is 0.485. The summed E-state index contributed by atoms with van der Waals surface area (Å²) in [5.41, 5.74) is 4.14. The van der Waals surface area contributed by atoms with Crippen LogP contribution in [0.3, 0.4) is 0 Å². The number of nitrogens with zero attached hydrogens (tertiary/aromatic N) is 2. The molecule has 4 aliphatic rings. The summed E-state index contributed by atoms with van der Waals surface area (Å²) in [7, 11) is 0. The molecule has 6 heteroatoms. The molecular formula is C24H24N4O2. The van der Waals surface area contributed by atoms with Gasteiger partial charge in [-0.15, -0.1) is 0 Å². The molecule has 4 N–H and O–H groups in total. The average molecular weight is 400 g/mol. The summed E-state index contributed by atoms with van der Waals surface area (Å²) < 4.78 is 0. The van der Waals surface area contributed by atoms with Crippen molar-refractivity contribution in [2.75, 3.05) is 0 Å². The number of hydrogen-bond acceptors (Lipinski definition) is 5. The van der Waals surface area contributed by atoms with Crippen molar-refractivity contribution in [3.8, 4) is 0 Å². The van der Waals surface area contributed by atoms with Crippen molar-refractivity contribution in [1.82, 2.24) is 10.3 Å². The van der Waals surface area contributed by atoms with Gasteiger partial charge in [-0.3, -0.25) is 0 Å². The Balaban J connectivity index is 1.71. The summed E-state index contributed by atoms with van der Waals surface area (Å²) in [5, 5.41) is 26.5. The van der Waals surface area contributed by atoms with Crippen LogP contribution in [0.2, 0.25) is 0 Å². The van der Waals surface area contributed by atoms with Crippen LogP contribution in [-0.4, -0.2) is 44.4 Å². The summed E-state index contributed by atoms with van der Waals surface area (Å²) in [4.78, 5) is 12.7. The first-order chi connectivity index (χ1) is 14.4. The molecule has 3 atom stereocenters. The van der Waals surface area contributed by atoms with E-state index in [9.17, 15) is 10.2 Å². The molecule has 5 heterocycles. The van der Waals surface area contributed by atoms with Gasteiger partial charge in [0.05, 0.1) is 40.6 Å². The van der Waals surface area contributed by atoms with Crippen molar-refractivity contribution in [3.63, 3.8) is 0 Å². The number of aliphatic hydroxyl groups is 2. The first-order valence-electron chi connectivity index (χ1n) is 10.1. The van der Waals surface area contributed by atoms with Crippen LogP contribution in [0, 0.1) is 0 Å². The highest BCUT2D eigenvalue weighted by atomic mass is 16.3. The maximum atomic E-state index is 10.7. The van der Waals surface area contributed by atoms with Crippen LogP contribution < -0.4 is 16.0 Å². The normalized spacial score (nSPS) is 26.3. The number of nitrogens with one attached hydrogen (secondary N) is 2. The topological polar surface area (TPSA) is 93.0 Å². The Bertz CT molecular complexity index is 1250. The van der Waals surface area contributed by atoms with Crippen molar-refractivity contribution >= 4 is 23.6 Å². The molecule has 0 aromatic carbocycles. The number of H-pyrrole nitrogens is 1. The standard InChI is InChI=1S/C24H24N4O2/c1-14(29)22-13-24(15(2)30)12-21-8-7-19(27-21)10-17-4-3-16(25-17)9-18-5-6-20(26-18)11-23(22)28-24/h3-12,14-15,25,28-30H,13H2,1-2H3. The van der Waals surface area contributed by atoms with E-state index >= 15 is 0 Å². The fourth-order valence-electron chi connectivity index (χ4n) is 4.19. The zero-order valence-electron chi connectivity index (χ0n) is 16.9. The third-order valence-corrected chi connectivity index (χ3v) is 5.85. The van der Waals surface area contributed by atoms with Gasteiger partial charge in [-0.05, 0) is 80.2 Å². The van der Waals surface area contributed by atoms with Crippen molar-refractivity contribution in [2.24, 2.45) is 9.98 Å². The van der Waals surface area contributed by atoms with Gasteiger partial charge in [0.25, 0.3) is 0 Å². The molecule has 1 aromatic heterocycles. The lowest BCUT2D eigenvalue weighted by Crippen LogP contribution is -2.48. The van der Waals surface area contributed by atoms with Crippen LogP contribution in [-0.2, 0) is 0 Å². The number of aliphatic imine (C=N–C) groups is 2. The first kappa shape index (κ1) is 18.8. The lowest BCUT2D eigenvalue weighted by atomic mass is 9.87. The van der Waals surface area contributed by atoms with E-state index in [-0.39, 0.29) is 0 Å². The quantitative estimate of drug-likeness (QED) is 0.600. The predicted octanol–water partition coefficient (Wildman–Crippen LogP) is 1.13. The second-order valence-corrected chi connectivity index (χ2v) is 8.17. The largest absolute Gasteiger partial charge is 0.391 e. The maximum absolute atomic E-state index is 10.7. The number of rotatable bonds is 2. The highest BCUT2D eigenvalue weighted by Crippen LogP contribution is 2.36. The summed E-state index contributed by atoms with van der Waals surface area (Å²) in [5.74, 6) is 0. The Kier molecular flexibility index (Phi) is 4.34. The van der Waals surface area contributed by atoms with Gasteiger partial charge in [0.2, 0.25) is 0 Å². The molecule has 0 saturated carbocycles. The van der Waals surface area contributed by atoms with Gasteiger partial charge in [0.1, 0.15) is 0 Å². The Morgan fingerprint density at radius 2 is 1.53 bits per heavy atom. The van der Waals surface area contributed by atoms with E-state index in [2.05, 4.69) is 15.3 Å². The van der Waals surface area contributed by atoms with E-state index in [0.29, 0.717) is 6.42 Å². The Hall–Kier alpha value is -3.22. The minimum atomic E-state index is -0.755. The molecule has 4 aliphatic heterocycles. The van der Waals surface area contributed by atoms with E-state index < -0.39 is 17.7 Å². The van der Waals surface area contributed by atoms with Crippen LogP contribution in [0.1, 0.15) is 20.3 Å². The van der Waals surface area contributed by atoms with Crippen LogP contribution in [0.4, 0.5) is 0 Å². The first-order valence-corrected chi connectivity index (χ1v) is 10.1. The van der Waals surface area contributed by atoms with Crippen molar-refractivity contribution < 1.29 is 10.2 Å². The molecule has 0 fully saturated rings. The number of allylic oxidation sites excluding steroid dienone is 5. The molecular weight excluding hydrogens is 376 g/mol. The van der Waals surface area contributed by atoms with E-state index in [4.69, 9.17) is 4.99 Å².